The normalized spacial score (nSPS) is 37.3. The third-order valence-corrected chi connectivity index (χ3v) is 3.32. The molecule has 5 heteroatoms. The van der Waals surface area contributed by atoms with Crippen LogP contribution in [0.15, 0.2) is 11.8 Å². The summed E-state index contributed by atoms with van der Waals surface area (Å²) in [6.45, 7) is 0. The van der Waals surface area contributed by atoms with E-state index in [2.05, 4.69) is 0 Å². The van der Waals surface area contributed by atoms with Crippen molar-refractivity contribution < 1.29 is 24.1 Å². The molecule has 2 aliphatic rings. The fraction of sp³-hybridized carbons (Fsp3) is 0.727. The van der Waals surface area contributed by atoms with E-state index in [9.17, 15) is 9.90 Å². The van der Waals surface area contributed by atoms with Crippen LogP contribution in [0.4, 0.5) is 0 Å². The first-order valence-electron chi connectivity index (χ1n) is 5.32. The summed E-state index contributed by atoms with van der Waals surface area (Å²) in [6, 6.07) is 0. The molecule has 0 amide bonds. The Kier molecular flexibility index (Phi) is 3.16. The van der Waals surface area contributed by atoms with Crippen LogP contribution in [0.1, 0.15) is 12.8 Å². The van der Waals surface area contributed by atoms with E-state index < -0.39 is 12.1 Å². The summed E-state index contributed by atoms with van der Waals surface area (Å²) in [5.74, 6) is -0.390. The molecule has 0 bridgehead atoms. The van der Waals surface area contributed by atoms with Gasteiger partial charge in [-0.15, -0.1) is 0 Å². The number of carbonyl (C=O) groups excluding carboxylic acids is 1. The summed E-state index contributed by atoms with van der Waals surface area (Å²) >= 11 is 0. The van der Waals surface area contributed by atoms with Crippen molar-refractivity contribution in [1.29, 1.82) is 0 Å². The molecule has 1 aliphatic carbocycles. The second kappa shape index (κ2) is 4.43. The number of carbonyl (C=O) groups is 1. The molecule has 0 saturated heterocycles. The maximum Gasteiger partial charge on any atom is 0.337 e. The highest BCUT2D eigenvalue weighted by Crippen LogP contribution is 2.43. The van der Waals surface area contributed by atoms with Gasteiger partial charge >= 0.3 is 5.97 Å². The minimum atomic E-state index is -0.401. The Balaban J connectivity index is 2.22. The smallest absolute Gasteiger partial charge is 0.337 e. The number of aliphatic hydroxyl groups excluding tert-OH is 1. The van der Waals surface area contributed by atoms with Crippen molar-refractivity contribution in [3.8, 4) is 0 Å². The molecule has 5 nitrogen and oxygen atoms in total. The van der Waals surface area contributed by atoms with Gasteiger partial charge in [0.05, 0.1) is 25.0 Å². The molecule has 1 unspecified atom stereocenters. The van der Waals surface area contributed by atoms with Crippen LogP contribution < -0.4 is 0 Å². The Bertz CT molecular complexity index is 311. The maximum atomic E-state index is 11.5. The molecule has 90 valence electrons. The Morgan fingerprint density at radius 2 is 2.25 bits per heavy atom. The van der Waals surface area contributed by atoms with Crippen LogP contribution in [0.2, 0.25) is 0 Å². The quantitative estimate of drug-likeness (QED) is 0.694. The lowest BCUT2D eigenvalue weighted by Gasteiger charge is -2.31. The van der Waals surface area contributed by atoms with E-state index in [1.165, 1.54) is 13.4 Å². The molecule has 1 N–H and O–H groups in total. The molecule has 0 aromatic rings. The van der Waals surface area contributed by atoms with Gasteiger partial charge < -0.3 is 19.3 Å². The molecule has 0 spiro atoms. The number of hydrogen-bond donors (Lipinski definition) is 1. The van der Waals surface area contributed by atoms with Crippen LogP contribution in [0.5, 0.6) is 0 Å². The maximum absolute atomic E-state index is 11.5. The van der Waals surface area contributed by atoms with Crippen molar-refractivity contribution in [3.63, 3.8) is 0 Å². The van der Waals surface area contributed by atoms with Crippen LogP contribution in [0.25, 0.3) is 0 Å². The van der Waals surface area contributed by atoms with E-state index in [0.717, 1.165) is 0 Å². The Morgan fingerprint density at radius 1 is 1.50 bits per heavy atom. The molecule has 0 radical (unpaired) electrons. The van der Waals surface area contributed by atoms with Crippen LogP contribution >= 0.6 is 0 Å². The van der Waals surface area contributed by atoms with Gasteiger partial charge in [-0.3, -0.25) is 0 Å². The van der Waals surface area contributed by atoms with Crippen molar-refractivity contribution in [2.45, 2.75) is 25.2 Å². The first kappa shape index (κ1) is 11.4. The van der Waals surface area contributed by atoms with Gasteiger partial charge in [-0.05, 0) is 12.8 Å². The first-order chi connectivity index (χ1) is 7.67. The summed E-state index contributed by atoms with van der Waals surface area (Å²) in [4.78, 5) is 11.5. The minimum absolute atomic E-state index is 0.0267. The van der Waals surface area contributed by atoms with E-state index in [1.807, 2.05) is 0 Å². The van der Waals surface area contributed by atoms with Crippen LogP contribution in [-0.4, -0.2) is 37.7 Å². The summed E-state index contributed by atoms with van der Waals surface area (Å²) in [6.07, 6.45) is 1.78. The predicted octanol–water partition coefficient (Wildman–Crippen LogP) is 0.433. The fourth-order valence-corrected chi connectivity index (χ4v) is 2.58. The highest BCUT2D eigenvalue weighted by Gasteiger charge is 2.46. The molecule has 1 heterocycles. The predicted molar refractivity (Wildman–Crippen MR) is 54.2 cm³/mol. The van der Waals surface area contributed by atoms with Crippen molar-refractivity contribution in [2.24, 2.45) is 11.8 Å². The molecule has 16 heavy (non-hydrogen) atoms. The van der Waals surface area contributed by atoms with Crippen molar-refractivity contribution in [3.05, 3.63) is 11.8 Å². The second-order valence-electron chi connectivity index (χ2n) is 4.20. The van der Waals surface area contributed by atoms with E-state index in [0.29, 0.717) is 18.4 Å². The van der Waals surface area contributed by atoms with E-state index in [-0.39, 0.29) is 18.1 Å². The zero-order valence-corrected chi connectivity index (χ0v) is 9.38. The van der Waals surface area contributed by atoms with Gasteiger partial charge in [-0.25, -0.2) is 4.79 Å². The number of aliphatic hydroxyl groups is 1. The number of esters is 1. The minimum Gasteiger partial charge on any atom is -0.472 e. The molecule has 4 atom stereocenters. The standard InChI is InChI=1S/C11H16O5/c1-14-10(13)9-5-16-11(15-2)8-4-6(12)3-7(8)9/h5-8,11-12H,3-4H2,1-2H3/t6-,7-,8+,11?/m0/s1. The average molecular weight is 228 g/mol. The highest BCUT2D eigenvalue weighted by atomic mass is 16.7. The molecular formula is C11H16O5. The number of rotatable bonds is 2. The van der Waals surface area contributed by atoms with Crippen LogP contribution in [0, 0.1) is 11.8 Å². The number of ether oxygens (including phenoxy) is 3. The Labute approximate surface area is 94.0 Å². The van der Waals surface area contributed by atoms with E-state index >= 15 is 0 Å². The number of fused-ring (bicyclic) bond motifs is 1. The van der Waals surface area contributed by atoms with E-state index in [4.69, 9.17) is 14.2 Å². The average Bonchev–Trinajstić information content (AvgIpc) is 2.67. The summed E-state index contributed by atoms with van der Waals surface area (Å²) < 4.78 is 15.2. The Morgan fingerprint density at radius 3 is 2.88 bits per heavy atom. The van der Waals surface area contributed by atoms with Crippen LogP contribution in [-0.2, 0) is 19.0 Å². The summed E-state index contributed by atoms with van der Waals surface area (Å²) in [5.41, 5.74) is 0.498. The fourth-order valence-electron chi connectivity index (χ4n) is 2.58. The molecule has 1 aliphatic heterocycles. The van der Waals surface area contributed by atoms with Gasteiger partial charge in [0.25, 0.3) is 0 Å². The monoisotopic (exact) mass is 228 g/mol. The lowest BCUT2D eigenvalue weighted by molar-refractivity contribution is -0.149. The van der Waals surface area contributed by atoms with Crippen molar-refractivity contribution in [2.75, 3.05) is 14.2 Å². The van der Waals surface area contributed by atoms with Gasteiger partial charge in [0.2, 0.25) is 6.29 Å². The van der Waals surface area contributed by atoms with Gasteiger partial charge in [0.1, 0.15) is 0 Å². The summed E-state index contributed by atoms with van der Waals surface area (Å²) in [5, 5.41) is 9.66. The van der Waals surface area contributed by atoms with Gasteiger partial charge in [0.15, 0.2) is 0 Å². The zero-order chi connectivity index (χ0) is 11.7. The van der Waals surface area contributed by atoms with E-state index in [1.54, 1.807) is 7.11 Å². The van der Waals surface area contributed by atoms with Crippen LogP contribution in [0.3, 0.4) is 0 Å². The Hall–Kier alpha value is -1.07. The van der Waals surface area contributed by atoms with Crippen molar-refractivity contribution in [1.82, 2.24) is 0 Å². The second-order valence-corrected chi connectivity index (χ2v) is 4.20. The van der Waals surface area contributed by atoms with Crippen molar-refractivity contribution >= 4 is 5.97 Å². The summed E-state index contributed by atoms with van der Waals surface area (Å²) in [7, 11) is 2.90. The van der Waals surface area contributed by atoms with Gasteiger partial charge in [-0.1, -0.05) is 0 Å². The topological polar surface area (TPSA) is 65.0 Å². The van der Waals surface area contributed by atoms with Gasteiger partial charge in [0, 0.05) is 18.9 Å². The van der Waals surface area contributed by atoms with Gasteiger partial charge in [-0.2, -0.15) is 0 Å². The molecule has 1 fully saturated rings. The third kappa shape index (κ3) is 1.81. The number of methoxy groups -OCH3 is 2. The molecule has 0 aromatic heterocycles. The largest absolute Gasteiger partial charge is 0.472 e. The first-order valence-corrected chi connectivity index (χ1v) is 5.32. The zero-order valence-electron chi connectivity index (χ0n) is 9.38. The SMILES string of the molecule is COC(=O)C1=COC(OC)[C@@H]2C[C@@H](O)C[C@H]12. The third-order valence-electron chi connectivity index (χ3n) is 3.32. The number of hydrogen-bond acceptors (Lipinski definition) is 5. The lowest BCUT2D eigenvalue weighted by Crippen LogP contribution is -2.34. The molecule has 2 rings (SSSR count). The molecule has 0 aromatic carbocycles. The highest BCUT2D eigenvalue weighted by molar-refractivity contribution is 5.89. The molecular weight excluding hydrogens is 212 g/mol. The lowest BCUT2D eigenvalue weighted by atomic mass is 9.87. The molecule has 1 saturated carbocycles.